The molecule has 0 aliphatic carbocycles. The second-order valence-electron chi connectivity index (χ2n) is 3.57. The monoisotopic (exact) mass is 221 g/mol. The highest BCUT2D eigenvalue weighted by molar-refractivity contribution is 6.58. The molecule has 0 aromatic heterocycles. The standard InChI is InChI=1S/C10H12BNO4/c13-10-7-16-5-4-12(10)9-3-1-2-8(6-9)11(14)15/h1-3,6,14-15H,4-5,7H2. The van der Waals surface area contributed by atoms with E-state index in [4.69, 9.17) is 14.8 Å². The Bertz CT molecular complexity index is 396. The van der Waals surface area contributed by atoms with Gasteiger partial charge < -0.3 is 19.7 Å². The molecule has 1 heterocycles. The topological polar surface area (TPSA) is 70.0 Å². The van der Waals surface area contributed by atoms with Crippen LogP contribution in [0, 0.1) is 0 Å². The number of hydrogen-bond acceptors (Lipinski definition) is 4. The molecule has 5 nitrogen and oxygen atoms in total. The van der Waals surface area contributed by atoms with E-state index in [2.05, 4.69) is 0 Å². The summed E-state index contributed by atoms with van der Waals surface area (Å²) in [6, 6.07) is 6.63. The van der Waals surface area contributed by atoms with Crippen molar-refractivity contribution >= 4 is 24.2 Å². The lowest BCUT2D eigenvalue weighted by molar-refractivity contribution is -0.125. The number of amides is 1. The summed E-state index contributed by atoms with van der Waals surface area (Å²) in [6.45, 7) is 1.06. The van der Waals surface area contributed by atoms with Crippen LogP contribution in [0.1, 0.15) is 0 Å². The van der Waals surface area contributed by atoms with Crippen LogP contribution in [0.15, 0.2) is 24.3 Å². The van der Waals surface area contributed by atoms with Gasteiger partial charge >= 0.3 is 7.12 Å². The summed E-state index contributed by atoms with van der Waals surface area (Å²) in [6.07, 6.45) is 0. The quantitative estimate of drug-likeness (QED) is 0.611. The fourth-order valence-electron chi connectivity index (χ4n) is 1.64. The third kappa shape index (κ3) is 2.24. The van der Waals surface area contributed by atoms with E-state index in [1.165, 1.54) is 0 Å². The SMILES string of the molecule is O=C1COCCN1c1cccc(B(O)O)c1. The average molecular weight is 221 g/mol. The van der Waals surface area contributed by atoms with Gasteiger partial charge in [-0.15, -0.1) is 0 Å². The van der Waals surface area contributed by atoms with E-state index in [-0.39, 0.29) is 12.5 Å². The van der Waals surface area contributed by atoms with Gasteiger partial charge in [-0.2, -0.15) is 0 Å². The van der Waals surface area contributed by atoms with Crippen LogP contribution in [-0.2, 0) is 9.53 Å². The molecule has 16 heavy (non-hydrogen) atoms. The van der Waals surface area contributed by atoms with Gasteiger partial charge in [0.05, 0.1) is 6.61 Å². The number of hydrogen-bond donors (Lipinski definition) is 2. The van der Waals surface area contributed by atoms with Crippen LogP contribution in [0.25, 0.3) is 0 Å². The first-order valence-corrected chi connectivity index (χ1v) is 5.02. The van der Waals surface area contributed by atoms with Crippen LogP contribution < -0.4 is 10.4 Å². The molecule has 1 fully saturated rings. The van der Waals surface area contributed by atoms with Crippen LogP contribution in [0.4, 0.5) is 5.69 Å². The van der Waals surface area contributed by atoms with E-state index in [9.17, 15) is 4.79 Å². The maximum absolute atomic E-state index is 11.6. The van der Waals surface area contributed by atoms with E-state index in [1.807, 2.05) is 0 Å². The lowest BCUT2D eigenvalue weighted by Crippen LogP contribution is -2.42. The smallest absolute Gasteiger partial charge is 0.423 e. The van der Waals surface area contributed by atoms with E-state index < -0.39 is 7.12 Å². The Hall–Kier alpha value is -1.37. The van der Waals surface area contributed by atoms with Gasteiger partial charge in [0, 0.05) is 12.2 Å². The minimum absolute atomic E-state index is 0.0753. The van der Waals surface area contributed by atoms with Crippen LogP contribution in [0.2, 0.25) is 0 Å². The van der Waals surface area contributed by atoms with E-state index in [0.29, 0.717) is 24.3 Å². The third-order valence-electron chi connectivity index (χ3n) is 2.47. The molecular weight excluding hydrogens is 209 g/mol. The number of benzene rings is 1. The summed E-state index contributed by atoms with van der Waals surface area (Å²) >= 11 is 0. The first kappa shape index (κ1) is 11.1. The highest BCUT2D eigenvalue weighted by Gasteiger charge is 2.21. The van der Waals surface area contributed by atoms with Crippen molar-refractivity contribution in [1.82, 2.24) is 0 Å². The minimum Gasteiger partial charge on any atom is -0.423 e. The highest BCUT2D eigenvalue weighted by atomic mass is 16.5. The molecule has 1 aromatic rings. The molecule has 6 heteroatoms. The predicted octanol–water partition coefficient (Wildman–Crippen LogP) is -1.27. The molecule has 1 amide bonds. The van der Waals surface area contributed by atoms with Crippen LogP contribution in [0.3, 0.4) is 0 Å². The second-order valence-corrected chi connectivity index (χ2v) is 3.57. The van der Waals surface area contributed by atoms with Crippen molar-refractivity contribution in [2.45, 2.75) is 0 Å². The van der Waals surface area contributed by atoms with E-state index >= 15 is 0 Å². The van der Waals surface area contributed by atoms with Gasteiger partial charge in [-0.25, -0.2) is 0 Å². The zero-order chi connectivity index (χ0) is 11.5. The van der Waals surface area contributed by atoms with Crippen LogP contribution in [0.5, 0.6) is 0 Å². The third-order valence-corrected chi connectivity index (χ3v) is 2.47. The van der Waals surface area contributed by atoms with Crippen molar-refractivity contribution in [2.24, 2.45) is 0 Å². The molecule has 0 bridgehead atoms. The number of nitrogens with zero attached hydrogens (tertiary/aromatic N) is 1. The van der Waals surface area contributed by atoms with E-state index in [0.717, 1.165) is 0 Å². The molecule has 0 spiro atoms. The van der Waals surface area contributed by atoms with Crippen LogP contribution in [-0.4, -0.2) is 42.8 Å². The highest BCUT2D eigenvalue weighted by Crippen LogP contribution is 2.14. The van der Waals surface area contributed by atoms with Crippen molar-refractivity contribution in [3.05, 3.63) is 24.3 Å². The first-order chi connectivity index (χ1) is 7.68. The number of morpholine rings is 1. The number of rotatable bonds is 2. The van der Waals surface area contributed by atoms with Crippen LogP contribution >= 0.6 is 0 Å². The molecule has 1 aliphatic rings. The number of ether oxygens (including phenoxy) is 1. The largest absolute Gasteiger partial charge is 0.488 e. The summed E-state index contributed by atoms with van der Waals surface area (Å²) in [5.74, 6) is -0.115. The van der Waals surface area contributed by atoms with Gasteiger partial charge in [-0.3, -0.25) is 4.79 Å². The van der Waals surface area contributed by atoms with Crippen molar-refractivity contribution in [3.63, 3.8) is 0 Å². The summed E-state index contributed by atoms with van der Waals surface area (Å²) in [7, 11) is -1.52. The lowest BCUT2D eigenvalue weighted by Gasteiger charge is -2.27. The fourth-order valence-corrected chi connectivity index (χ4v) is 1.64. The van der Waals surface area contributed by atoms with Gasteiger partial charge in [0.2, 0.25) is 0 Å². The summed E-state index contributed by atoms with van der Waals surface area (Å²) < 4.78 is 5.02. The Morgan fingerprint density at radius 3 is 2.88 bits per heavy atom. The van der Waals surface area contributed by atoms with Crippen molar-refractivity contribution < 1.29 is 19.6 Å². The van der Waals surface area contributed by atoms with E-state index in [1.54, 1.807) is 29.2 Å². The molecule has 0 atom stereocenters. The van der Waals surface area contributed by atoms with Gasteiger partial charge in [-0.05, 0) is 17.6 Å². The number of carbonyl (C=O) groups is 1. The Kier molecular flexibility index (Phi) is 3.23. The van der Waals surface area contributed by atoms with Gasteiger partial charge in [0.1, 0.15) is 6.61 Å². The predicted molar refractivity (Wildman–Crippen MR) is 59.4 cm³/mol. The summed E-state index contributed by atoms with van der Waals surface area (Å²) in [5, 5.41) is 18.1. The summed E-state index contributed by atoms with van der Waals surface area (Å²) in [5.41, 5.74) is 1.04. The normalized spacial score (nSPS) is 16.4. The number of carbonyl (C=O) groups excluding carboxylic acids is 1. The lowest BCUT2D eigenvalue weighted by atomic mass is 9.80. The molecule has 2 N–H and O–H groups in total. The molecule has 2 rings (SSSR count). The Morgan fingerprint density at radius 2 is 2.19 bits per heavy atom. The number of anilines is 1. The zero-order valence-corrected chi connectivity index (χ0v) is 8.67. The Morgan fingerprint density at radius 1 is 1.38 bits per heavy atom. The molecule has 0 unspecified atom stereocenters. The van der Waals surface area contributed by atoms with Gasteiger partial charge in [-0.1, -0.05) is 12.1 Å². The van der Waals surface area contributed by atoms with Crippen molar-refractivity contribution in [1.29, 1.82) is 0 Å². The molecule has 84 valence electrons. The first-order valence-electron chi connectivity index (χ1n) is 5.02. The van der Waals surface area contributed by atoms with Crippen molar-refractivity contribution in [3.8, 4) is 0 Å². The maximum atomic E-state index is 11.6. The minimum atomic E-state index is -1.52. The molecule has 0 radical (unpaired) electrons. The Labute approximate surface area is 93.4 Å². The molecular formula is C10H12BNO4. The zero-order valence-electron chi connectivity index (χ0n) is 8.67. The molecule has 1 saturated heterocycles. The Balaban J connectivity index is 2.25. The maximum Gasteiger partial charge on any atom is 0.488 e. The fraction of sp³-hybridized carbons (Fsp3) is 0.300. The molecule has 1 aromatic carbocycles. The van der Waals surface area contributed by atoms with Gasteiger partial charge in [0.15, 0.2) is 0 Å². The molecule has 0 saturated carbocycles. The summed E-state index contributed by atoms with van der Waals surface area (Å²) in [4.78, 5) is 13.1. The average Bonchev–Trinajstić information content (AvgIpc) is 2.30. The second kappa shape index (κ2) is 4.65. The van der Waals surface area contributed by atoms with Gasteiger partial charge in [0.25, 0.3) is 5.91 Å². The van der Waals surface area contributed by atoms with Crippen molar-refractivity contribution in [2.75, 3.05) is 24.7 Å². The molecule has 1 aliphatic heterocycles.